The zero-order chi connectivity index (χ0) is 11.5. The van der Waals surface area contributed by atoms with E-state index in [0.29, 0.717) is 6.61 Å². The average molecular weight is 213 g/mol. The third-order valence-electron chi connectivity index (χ3n) is 2.00. The highest BCUT2D eigenvalue weighted by molar-refractivity contribution is 5.84. The average Bonchev–Trinajstić information content (AvgIpc) is 2.67. The predicted molar refractivity (Wildman–Crippen MR) is 52.3 cm³/mol. The van der Waals surface area contributed by atoms with Gasteiger partial charge >= 0.3 is 5.97 Å². The summed E-state index contributed by atoms with van der Waals surface area (Å²) >= 11 is 0. The van der Waals surface area contributed by atoms with Crippen LogP contribution < -0.4 is 0 Å². The van der Waals surface area contributed by atoms with Crippen LogP contribution in [0.2, 0.25) is 0 Å². The van der Waals surface area contributed by atoms with Crippen LogP contribution in [0.5, 0.6) is 0 Å². The van der Waals surface area contributed by atoms with Gasteiger partial charge in [-0.2, -0.15) is 0 Å². The molecule has 6 heteroatoms. The molecule has 0 aliphatic heterocycles. The topological polar surface area (TPSA) is 66.2 Å². The van der Waals surface area contributed by atoms with Crippen molar-refractivity contribution in [1.82, 2.24) is 14.8 Å². The monoisotopic (exact) mass is 213 g/mol. The van der Waals surface area contributed by atoms with Gasteiger partial charge in [0.2, 0.25) is 0 Å². The van der Waals surface area contributed by atoms with E-state index in [1.807, 2.05) is 13.8 Å². The van der Waals surface area contributed by atoms with Gasteiger partial charge in [-0.1, -0.05) is 0 Å². The Balaban J connectivity index is 2.85. The van der Waals surface area contributed by atoms with E-state index in [-0.39, 0.29) is 5.82 Å². The van der Waals surface area contributed by atoms with Crippen molar-refractivity contribution in [3.05, 3.63) is 12.2 Å². The van der Waals surface area contributed by atoms with E-state index >= 15 is 0 Å². The molecule has 0 amide bonds. The van der Waals surface area contributed by atoms with Gasteiger partial charge in [0, 0.05) is 7.11 Å². The quantitative estimate of drug-likeness (QED) is 0.692. The Morgan fingerprint density at radius 3 is 2.80 bits per heavy atom. The summed E-state index contributed by atoms with van der Waals surface area (Å²) < 4.78 is 11.4. The van der Waals surface area contributed by atoms with Crippen molar-refractivity contribution in [3.8, 4) is 0 Å². The van der Waals surface area contributed by atoms with Gasteiger partial charge in [-0.05, 0) is 20.8 Å². The second kappa shape index (κ2) is 4.39. The molecule has 1 aromatic heterocycles. The fourth-order valence-electron chi connectivity index (χ4n) is 0.905. The van der Waals surface area contributed by atoms with Gasteiger partial charge in [-0.3, -0.25) is 0 Å². The number of hydrogen-bond acceptors (Lipinski definition) is 5. The molecule has 0 unspecified atom stereocenters. The number of carbonyl (C=O) groups excluding carboxylic acids is 1. The number of carbonyl (C=O) groups is 1. The fraction of sp³-hybridized carbons (Fsp3) is 0.667. The SMILES string of the molecule is CCOC(=O)c1ncn(C(C)(C)OC)n1. The molecule has 6 nitrogen and oxygen atoms in total. The van der Waals surface area contributed by atoms with Gasteiger partial charge in [-0.15, -0.1) is 5.10 Å². The first-order valence-electron chi connectivity index (χ1n) is 4.65. The highest BCUT2D eigenvalue weighted by atomic mass is 16.5. The van der Waals surface area contributed by atoms with Crippen LogP contribution in [0.4, 0.5) is 0 Å². The Bertz CT molecular complexity index is 346. The lowest BCUT2D eigenvalue weighted by atomic mass is 10.3. The van der Waals surface area contributed by atoms with Crippen LogP contribution in [-0.2, 0) is 15.2 Å². The van der Waals surface area contributed by atoms with Crippen molar-refractivity contribution in [2.24, 2.45) is 0 Å². The van der Waals surface area contributed by atoms with Gasteiger partial charge in [0.25, 0.3) is 5.82 Å². The Kier molecular flexibility index (Phi) is 3.41. The molecule has 0 aliphatic rings. The standard InChI is InChI=1S/C9H15N3O3/c1-5-15-8(13)7-10-6-12(11-7)9(2,3)14-4/h6H,5H2,1-4H3. The van der Waals surface area contributed by atoms with E-state index in [4.69, 9.17) is 9.47 Å². The molecular weight excluding hydrogens is 198 g/mol. The normalized spacial score (nSPS) is 11.5. The van der Waals surface area contributed by atoms with E-state index in [1.54, 1.807) is 14.0 Å². The van der Waals surface area contributed by atoms with Crippen molar-refractivity contribution in [2.75, 3.05) is 13.7 Å². The summed E-state index contributed by atoms with van der Waals surface area (Å²) in [7, 11) is 1.56. The summed E-state index contributed by atoms with van der Waals surface area (Å²) in [4.78, 5) is 15.1. The van der Waals surface area contributed by atoms with Crippen molar-refractivity contribution in [2.45, 2.75) is 26.5 Å². The third kappa shape index (κ3) is 2.53. The van der Waals surface area contributed by atoms with Crippen LogP contribution in [0.3, 0.4) is 0 Å². The molecule has 0 aliphatic carbocycles. The number of methoxy groups -OCH3 is 1. The summed E-state index contributed by atoms with van der Waals surface area (Å²) in [6.45, 7) is 5.67. The van der Waals surface area contributed by atoms with Gasteiger partial charge in [0.1, 0.15) is 6.33 Å². The first kappa shape index (κ1) is 11.6. The van der Waals surface area contributed by atoms with Crippen molar-refractivity contribution >= 4 is 5.97 Å². The molecule has 0 N–H and O–H groups in total. The summed E-state index contributed by atoms with van der Waals surface area (Å²) in [5.41, 5.74) is -0.627. The molecular formula is C9H15N3O3. The molecule has 0 saturated carbocycles. The van der Waals surface area contributed by atoms with E-state index in [9.17, 15) is 4.79 Å². The number of aromatic nitrogens is 3. The lowest BCUT2D eigenvalue weighted by Gasteiger charge is -2.22. The molecule has 0 atom stereocenters. The maximum absolute atomic E-state index is 11.3. The van der Waals surface area contributed by atoms with Crippen LogP contribution in [-0.4, -0.2) is 34.5 Å². The Hall–Kier alpha value is -1.43. The van der Waals surface area contributed by atoms with Crippen LogP contribution in [0.25, 0.3) is 0 Å². The Morgan fingerprint density at radius 1 is 1.60 bits per heavy atom. The van der Waals surface area contributed by atoms with Crippen LogP contribution >= 0.6 is 0 Å². The zero-order valence-electron chi connectivity index (χ0n) is 9.35. The molecule has 1 aromatic rings. The van der Waals surface area contributed by atoms with Gasteiger partial charge in [0.05, 0.1) is 6.61 Å². The molecule has 0 saturated heterocycles. The highest BCUT2D eigenvalue weighted by Crippen LogP contribution is 2.13. The van der Waals surface area contributed by atoms with Gasteiger partial charge < -0.3 is 9.47 Å². The molecule has 0 bridgehead atoms. The lowest BCUT2D eigenvalue weighted by molar-refractivity contribution is -0.0553. The van der Waals surface area contributed by atoms with E-state index in [2.05, 4.69) is 10.1 Å². The maximum atomic E-state index is 11.3. The molecule has 0 aromatic carbocycles. The Labute approximate surface area is 88.2 Å². The van der Waals surface area contributed by atoms with Gasteiger partial charge in [0.15, 0.2) is 5.72 Å². The van der Waals surface area contributed by atoms with Crippen molar-refractivity contribution < 1.29 is 14.3 Å². The van der Waals surface area contributed by atoms with Crippen LogP contribution in [0.1, 0.15) is 31.4 Å². The lowest BCUT2D eigenvalue weighted by Crippen LogP contribution is -2.29. The number of esters is 1. The Morgan fingerprint density at radius 2 is 2.27 bits per heavy atom. The van der Waals surface area contributed by atoms with E-state index in [0.717, 1.165) is 0 Å². The maximum Gasteiger partial charge on any atom is 0.378 e. The minimum Gasteiger partial charge on any atom is -0.460 e. The first-order chi connectivity index (χ1) is 7.01. The largest absolute Gasteiger partial charge is 0.460 e. The fourth-order valence-corrected chi connectivity index (χ4v) is 0.905. The van der Waals surface area contributed by atoms with Crippen molar-refractivity contribution in [1.29, 1.82) is 0 Å². The summed E-state index contributed by atoms with van der Waals surface area (Å²) in [6.07, 6.45) is 1.44. The predicted octanol–water partition coefficient (Wildman–Crippen LogP) is 0.794. The first-order valence-corrected chi connectivity index (χ1v) is 4.65. The van der Waals surface area contributed by atoms with E-state index in [1.165, 1.54) is 11.0 Å². The number of rotatable bonds is 4. The van der Waals surface area contributed by atoms with Crippen molar-refractivity contribution in [3.63, 3.8) is 0 Å². The minimum absolute atomic E-state index is 0.0435. The number of nitrogens with zero attached hydrogens (tertiary/aromatic N) is 3. The summed E-state index contributed by atoms with van der Waals surface area (Å²) in [6, 6.07) is 0. The zero-order valence-corrected chi connectivity index (χ0v) is 9.35. The molecule has 1 rings (SSSR count). The highest BCUT2D eigenvalue weighted by Gasteiger charge is 2.22. The van der Waals surface area contributed by atoms with Crippen LogP contribution in [0.15, 0.2) is 6.33 Å². The minimum atomic E-state index is -0.627. The summed E-state index contributed by atoms with van der Waals surface area (Å²) in [5.74, 6) is -0.481. The van der Waals surface area contributed by atoms with Gasteiger partial charge in [-0.25, -0.2) is 14.5 Å². The third-order valence-corrected chi connectivity index (χ3v) is 2.00. The molecule has 0 radical (unpaired) electrons. The van der Waals surface area contributed by atoms with Crippen LogP contribution in [0, 0.1) is 0 Å². The molecule has 15 heavy (non-hydrogen) atoms. The van der Waals surface area contributed by atoms with E-state index < -0.39 is 11.7 Å². The number of hydrogen-bond donors (Lipinski definition) is 0. The second-order valence-corrected chi connectivity index (χ2v) is 3.38. The smallest absolute Gasteiger partial charge is 0.378 e. The summed E-state index contributed by atoms with van der Waals surface area (Å²) in [5, 5.41) is 3.98. The molecule has 0 spiro atoms. The number of ether oxygens (including phenoxy) is 2. The molecule has 0 fully saturated rings. The second-order valence-electron chi connectivity index (χ2n) is 3.38. The molecule has 84 valence electrons. The molecule has 1 heterocycles.